The van der Waals surface area contributed by atoms with Crippen LogP contribution < -0.4 is 0 Å². The smallest absolute Gasteiger partial charge is 0.306 e. The molecule has 436 valence electrons. The molecule has 9 rings (SSSR count). The summed E-state index contributed by atoms with van der Waals surface area (Å²) in [6.07, 6.45) is 48.7. The van der Waals surface area contributed by atoms with Gasteiger partial charge in [0, 0.05) is 73.3 Å². The molecule has 7 heteroatoms. The van der Waals surface area contributed by atoms with Crippen LogP contribution in [-0.2, 0) is 23.9 Å². The first kappa shape index (κ1) is 62.2. The number of rotatable bonds is 46. The molecule has 4 bridgehead atoms. The maximum absolute atomic E-state index is 14.8. The topological polar surface area (TPSA) is 76.2 Å². The first-order valence-electron chi connectivity index (χ1n) is 34.0. The molecule has 1 saturated carbocycles. The number of ether oxygens (including phenoxy) is 2. The standard InChI is InChI=1S/C70H116N2O5/c1-7-13-17-21-25-29-33-38-54(39-34-30-26-22-18-14-8-2)46-64(74)76-50-59-62(51-77-65(75)47-55(40-35-31-27-23-19-15-9-3)41-36-32-28-24-20-16-10-4)70-53-72(63(73)42-37-45-71(11-5)12-6)52-69-44-43-56(57-48-60(57)69)67(68(69)70)66(59)58-49-61(58)70/h48,54-56,59,62H,7-47,49-53H2,1-6H3. The van der Waals surface area contributed by atoms with Crippen molar-refractivity contribution in [2.75, 3.05) is 45.9 Å². The lowest BCUT2D eigenvalue weighted by Gasteiger charge is -2.68. The van der Waals surface area contributed by atoms with E-state index in [-0.39, 0.29) is 40.5 Å². The highest BCUT2D eigenvalue weighted by molar-refractivity contribution is 5.83. The number of nitrogens with zero attached hydrogens (tertiary/aromatic N) is 2. The summed E-state index contributed by atoms with van der Waals surface area (Å²) in [5, 5.41) is 0. The van der Waals surface area contributed by atoms with E-state index in [2.05, 4.69) is 57.8 Å². The van der Waals surface area contributed by atoms with Crippen molar-refractivity contribution in [3.05, 3.63) is 45.8 Å². The lowest BCUT2D eigenvalue weighted by atomic mass is 9.38. The lowest BCUT2D eigenvalue weighted by Crippen LogP contribution is -2.68. The van der Waals surface area contributed by atoms with Crippen LogP contribution in [0.1, 0.15) is 292 Å². The number of carbonyl (C=O) groups is 3. The SMILES string of the molecule is CCCCCCCCCC(CCCCCCCCC)CC(=O)OCC1C2=C3[C]4C5(CCC3C3=C5[CH]3)CN(C(=O)CCCN(CC)CC)CC4(C3=C2C3)C1COC(=O)CC(CCCCCCCCC)CCCCCCCCC. The molecule has 9 aliphatic rings. The Kier molecular flexibility index (Phi) is 26.1. The number of fused-ring (bicyclic) bond motifs is 2. The third-order valence-electron chi connectivity index (χ3n) is 20.7. The Labute approximate surface area is 473 Å². The third-order valence-corrected chi connectivity index (χ3v) is 20.7. The van der Waals surface area contributed by atoms with Gasteiger partial charge in [-0.3, -0.25) is 14.4 Å². The van der Waals surface area contributed by atoms with Crippen LogP contribution in [0.15, 0.2) is 33.4 Å². The summed E-state index contributed by atoms with van der Waals surface area (Å²) in [6.45, 7) is 18.7. The van der Waals surface area contributed by atoms with Crippen LogP contribution >= 0.6 is 0 Å². The molecule has 1 amide bonds. The average Bonchev–Trinajstić information content (AvgIpc) is 2.76. The summed E-state index contributed by atoms with van der Waals surface area (Å²) >= 11 is 0. The number of carbonyl (C=O) groups excluding carboxylic acids is 3. The molecule has 8 aliphatic carbocycles. The van der Waals surface area contributed by atoms with Gasteiger partial charge < -0.3 is 19.3 Å². The van der Waals surface area contributed by atoms with E-state index in [4.69, 9.17) is 9.47 Å². The molecule has 77 heavy (non-hydrogen) atoms. The fourth-order valence-electron chi connectivity index (χ4n) is 16.2. The summed E-state index contributed by atoms with van der Waals surface area (Å²) in [5.41, 5.74) is 8.57. The van der Waals surface area contributed by atoms with Gasteiger partial charge in [0.2, 0.25) is 5.91 Å². The number of amides is 1. The zero-order chi connectivity index (χ0) is 54.5. The number of esters is 2. The van der Waals surface area contributed by atoms with Crippen molar-refractivity contribution in [3.8, 4) is 0 Å². The fourth-order valence-corrected chi connectivity index (χ4v) is 16.2. The maximum Gasteiger partial charge on any atom is 0.306 e. The maximum atomic E-state index is 14.8. The Morgan fingerprint density at radius 3 is 1.53 bits per heavy atom. The van der Waals surface area contributed by atoms with E-state index in [1.807, 2.05) is 0 Å². The van der Waals surface area contributed by atoms with E-state index in [9.17, 15) is 14.4 Å². The Morgan fingerprint density at radius 2 is 1.05 bits per heavy atom. The second-order valence-corrected chi connectivity index (χ2v) is 26.2. The number of likely N-dealkylation sites (tertiary alicyclic amines) is 1. The summed E-state index contributed by atoms with van der Waals surface area (Å²) in [7, 11) is 0. The summed E-state index contributed by atoms with van der Waals surface area (Å²) in [5.74, 6) is 2.85. The van der Waals surface area contributed by atoms with E-state index >= 15 is 0 Å². The molecular weight excluding hydrogens is 949 g/mol. The molecule has 0 aromatic carbocycles. The molecule has 2 fully saturated rings. The first-order valence-corrected chi connectivity index (χ1v) is 34.0. The van der Waals surface area contributed by atoms with E-state index in [1.165, 1.54) is 208 Å². The predicted molar refractivity (Wildman–Crippen MR) is 320 cm³/mol. The van der Waals surface area contributed by atoms with Crippen molar-refractivity contribution in [1.82, 2.24) is 9.80 Å². The predicted octanol–water partition coefficient (Wildman–Crippen LogP) is 18.4. The van der Waals surface area contributed by atoms with Crippen molar-refractivity contribution in [1.29, 1.82) is 0 Å². The molecule has 2 radical (unpaired) electrons. The average molecular weight is 1070 g/mol. The van der Waals surface area contributed by atoms with Gasteiger partial charge in [0.15, 0.2) is 0 Å². The zero-order valence-electron chi connectivity index (χ0n) is 50.9. The zero-order valence-corrected chi connectivity index (χ0v) is 50.9. The molecular formula is C70H116N2O5. The van der Waals surface area contributed by atoms with E-state index < -0.39 is 0 Å². The van der Waals surface area contributed by atoms with E-state index in [1.54, 1.807) is 11.5 Å². The van der Waals surface area contributed by atoms with Crippen molar-refractivity contribution in [2.45, 2.75) is 292 Å². The van der Waals surface area contributed by atoms with Crippen LogP contribution in [-0.4, -0.2) is 73.6 Å². The highest BCUT2D eigenvalue weighted by atomic mass is 16.5. The molecule has 0 N–H and O–H groups in total. The highest BCUT2D eigenvalue weighted by Gasteiger charge is 2.77. The van der Waals surface area contributed by atoms with Gasteiger partial charge in [-0.2, -0.15) is 0 Å². The number of unbranched alkanes of at least 4 members (excludes halogenated alkanes) is 24. The van der Waals surface area contributed by atoms with Crippen molar-refractivity contribution < 1.29 is 23.9 Å². The van der Waals surface area contributed by atoms with Crippen molar-refractivity contribution >= 4 is 17.8 Å². The van der Waals surface area contributed by atoms with Gasteiger partial charge in [0.1, 0.15) is 0 Å². The second-order valence-electron chi connectivity index (χ2n) is 26.2. The van der Waals surface area contributed by atoms with Crippen LogP contribution in [0.3, 0.4) is 0 Å². The van der Waals surface area contributed by atoms with Gasteiger partial charge in [0.25, 0.3) is 0 Å². The van der Waals surface area contributed by atoms with Crippen molar-refractivity contribution in [3.63, 3.8) is 0 Å². The monoisotopic (exact) mass is 1060 g/mol. The molecule has 0 aromatic rings. The molecule has 7 nitrogen and oxygen atoms in total. The summed E-state index contributed by atoms with van der Waals surface area (Å²) in [6, 6.07) is 0. The quantitative estimate of drug-likeness (QED) is 0.0447. The Hall–Kier alpha value is -2.41. The minimum Gasteiger partial charge on any atom is -0.465 e. The van der Waals surface area contributed by atoms with E-state index in [0.29, 0.717) is 56.8 Å². The van der Waals surface area contributed by atoms with Crippen LogP contribution in [0.4, 0.5) is 0 Å². The fraction of sp³-hybridized carbons (Fsp3) is 0.843. The summed E-state index contributed by atoms with van der Waals surface area (Å²) in [4.78, 5) is 48.6. The molecule has 5 unspecified atom stereocenters. The minimum absolute atomic E-state index is 0.0373. The second kappa shape index (κ2) is 32.3. The third kappa shape index (κ3) is 16.4. The first-order chi connectivity index (χ1) is 37.7. The largest absolute Gasteiger partial charge is 0.465 e. The van der Waals surface area contributed by atoms with Gasteiger partial charge in [-0.25, -0.2) is 0 Å². The van der Waals surface area contributed by atoms with Gasteiger partial charge >= 0.3 is 11.9 Å². The molecule has 0 aromatic heterocycles. The number of piperidine rings is 1. The number of allylic oxidation sites excluding steroid dienone is 3. The molecule has 1 aliphatic heterocycles. The van der Waals surface area contributed by atoms with Crippen LogP contribution in [0.5, 0.6) is 0 Å². The molecule has 1 saturated heterocycles. The minimum atomic E-state index is -0.379. The van der Waals surface area contributed by atoms with Crippen LogP contribution in [0.25, 0.3) is 0 Å². The molecule has 5 atom stereocenters. The lowest BCUT2D eigenvalue weighted by molar-refractivity contribution is -0.156. The Bertz CT molecular complexity index is 1890. The summed E-state index contributed by atoms with van der Waals surface area (Å²) < 4.78 is 13.5. The number of hydrogen-bond donors (Lipinski definition) is 0. The van der Waals surface area contributed by atoms with Crippen LogP contribution in [0, 0.1) is 52.8 Å². The van der Waals surface area contributed by atoms with Gasteiger partial charge in [-0.05, 0) is 94.0 Å². The number of hydrogen-bond acceptors (Lipinski definition) is 6. The Balaban J connectivity index is 1.10. The highest BCUT2D eigenvalue weighted by Crippen LogP contribution is 2.83. The van der Waals surface area contributed by atoms with E-state index in [0.717, 1.165) is 77.5 Å². The Morgan fingerprint density at radius 1 is 0.584 bits per heavy atom. The van der Waals surface area contributed by atoms with Crippen LogP contribution in [0.2, 0.25) is 0 Å². The normalized spacial score (nSPS) is 23.7. The molecule has 2 spiro atoms. The van der Waals surface area contributed by atoms with Gasteiger partial charge in [-0.1, -0.05) is 244 Å². The van der Waals surface area contributed by atoms with Gasteiger partial charge in [-0.15, -0.1) is 0 Å². The van der Waals surface area contributed by atoms with Crippen molar-refractivity contribution in [2.24, 2.45) is 40.4 Å². The molecule has 1 heterocycles. The van der Waals surface area contributed by atoms with Gasteiger partial charge in [0.05, 0.1) is 13.2 Å².